The van der Waals surface area contributed by atoms with E-state index in [1.807, 2.05) is 6.07 Å². The Bertz CT molecular complexity index is 897. The number of ether oxygens (including phenoxy) is 1. The molecule has 7 atom stereocenters. The van der Waals surface area contributed by atoms with Crippen molar-refractivity contribution in [2.24, 2.45) is 35.5 Å². The van der Waals surface area contributed by atoms with E-state index in [4.69, 9.17) is 4.74 Å². The lowest BCUT2D eigenvalue weighted by Gasteiger charge is -2.23. The summed E-state index contributed by atoms with van der Waals surface area (Å²) in [6.45, 7) is 2.35. The van der Waals surface area contributed by atoms with Crippen molar-refractivity contribution < 1.29 is 13.5 Å². The largest absolute Gasteiger partial charge is 0.482 e. The predicted molar refractivity (Wildman–Crippen MR) is 103 cm³/mol. The smallest absolute Gasteiger partial charge is 0.168 e. The van der Waals surface area contributed by atoms with Crippen molar-refractivity contribution in [2.45, 2.75) is 25.4 Å². The van der Waals surface area contributed by atoms with E-state index < -0.39 is 11.6 Å². The monoisotopic (exact) mass is 381 g/mol. The van der Waals surface area contributed by atoms with Gasteiger partial charge in [0.1, 0.15) is 11.9 Å². The average molecular weight is 381 g/mol. The molecule has 3 fully saturated rings. The van der Waals surface area contributed by atoms with Crippen LogP contribution in [0.5, 0.6) is 5.75 Å². The van der Waals surface area contributed by atoms with Crippen LogP contribution in [0.15, 0.2) is 42.5 Å². The van der Waals surface area contributed by atoms with Crippen LogP contribution in [0.3, 0.4) is 0 Å². The quantitative estimate of drug-likeness (QED) is 0.829. The first-order valence-electron chi connectivity index (χ1n) is 10.6. The first-order valence-corrected chi connectivity index (χ1v) is 10.6. The Kier molecular flexibility index (Phi) is 3.81. The lowest BCUT2D eigenvalue weighted by molar-refractivity contribution is 0.124. The zero-order valence-electron chi connectivity index (χ0n) is 15.8. The summed E-state index contributed by atoms with van der Waals surface area (Å²) in [6, 6.07) is 12.0. The van der Waals surface area contributed by atoms with Gasteiger partial charge in [0.25, 0.3) is 0 Å². The Morgan fingerprint density at radius 3 is 2.39 bits per heavy atom. The summed E-state index contributed by atoms with van der Waals surface area (Å²) >= 11 is 0. The summed E-state index contributed by atoms with van der Waals surface area (Å²) in [5.74, 6) is 3.31. The van der Waals surface area contributed by atoms with Gasteiger partial charge in [-0.15, -0.1) is 0 Å². The highest BCUT2D eigenvalue weighted by atomic mass is 19.1. The van der Waals surface area contributed by atoms with Gasteiger partial charge >= 0.3 is 0 Å². The fourth-order valence-electron chi connectivity index (χ4n) is 6.60. The van der Waals surface area contributed by atoms with Gasteiger partial charge in [-0.2, -0.15) is 0 Å². The van der Waals surface area contributed by atoms with Gasteiger partial charge in [0.15, 0.2) is 11.6 Å². The highest BCUT2D eigenvalue weighted by molar-refractivity contribution is 5.38. The third-order valence-electron chi connectivity index (χ3n) is 7.88. The zero-order chi connectivity index (χ0) is 18.8. The molecule has 28 heavy (non-hydrogen) atoms. The highest BCUT2D eigenvalue weighted by Gasteiger charge is 2.61. The number of benzene rings is 2. The van der Waals surface area contributed by atoms with Crippen molar-refractivity contribution in [2.75, 3.05) is 13.1 Å². The maximum Gasteiger partial charge on any atom is 0.168 e. The van der Waals surface area contributed by atoms with Crippen LogP contribution < -0.4 is 10.1 Å². The van der Waals surface area contributed by atoms with E-state index in [1.165, 1.54) is 49.2 Å². The molecule has 0 radical (unpaired) electrons. The van der Waals surface area contributed by atoms with Gasteiger partial charge < -0.3 is 10.1 Å². The summed E-state index contributed by atoms with van der Waals surface area (Å²) in [5, 5.41) is 3.56. The molecule has 0 spiro atoms. The third-order valence-corrected chi connectivity index (χ3v) is 7.88. The first kappa shape index (κ1) is 17.0. The van der Waals surface area contributed by atoms with Crippen LogP contribution in [0, 0.1) is 47.1 Å². The topological polar surface area (TPSA) is 21.3 Å². The van der Waals surface area contributed by atoms with E-state index in [2.05, 4.69) is 23.5 Å². The van der Waals surface area contributed by atoms with Crippen molar-refractivity contribution in [3.63, 3.8) is 0 Å². The minimum absolute atomic E-state index is 0.135. The van der Waals surface area contributed by atoms with E-state index in [1.54, 1.807) is 0 Å². The van der Waals surface area contributed by atoms with Crippen molar-refractivity contribution in [1.29, 1.82) is 0 Å². The van der Waals surface area contributed by atoms with Crippen LogP contribution in [0.4, 0.5) is 8.78 Å². The van der Waals surface area contributed by atoms with E-state index in [-0.39, 0.29) is 11.9 Å². The molecule has 2 saturated carbocycles. The normalized spacial score (nSPS) is 37.9. The van der Waals surface area contributed by atoms with E-state index in [9.17, 15) is 8.78 Å². The third kappa shape index (κ3) is 2.61. The standard InChI is InChI=1S/C24H25F2NO/c25-16-5-6-22(21(26)10-16)28-24-17-4-2-1-3-13(17)7-20(24)23-18-8-14-11-27-12-15(14)9-19(18)23/h1-6,10,14-15,18-20,23-24,27H,7-9,11-12H2/t14-,15?,18?,19-,20+,23?,24?/m1/s1. The number of nitrogens with one attached hydrogen (secondary N) is 1. The fraction of sp³-hybridized carbons (Fsp3) is 0.500. The molecule has 1 aliphatic heterocycles. The molecular weight excluding hydrogens is 356 g/mol. The molecule has 4 heteroatoms. The first-order chi connectivity index (χ1) is 13.7. The van der Waals surface area contributed by atoms with Gasteiger partial charge in [0.05, 0.1) is 0 Å². The second kappa shape index (κ2) is 6.28. The predicted octanol–water partition coefficient (Wildman–Crippen LogP) is 4.75. The minimum Gasteiger partial charge on any atom is -0.482 e. The molecule has 3 aliphatic carbocycles. The van der Waals surface area contributed by atoms with Crippen molar-refractivity contribution in [3.8, 4) is 5.75 Å². The second-order valence-electron chi connectivity index (χ2n) is 9.23. The Labute approximate surface area is 164 Å². The molecule has 1 N–H and O–H groups in total. The van der Waals surface area contributed by atoms with Crippen LogP contribution in [0.25, 0.3) is 0 Å². The highest BCUT2D eigenvalue weighted by Crippen LogP contribution is 2.65. The van der Waals surface area contributed by atoms with Crippen molar-refractivity contribution in [3.05, 3.63) is 65.2 Å². The Morgan fingerprint density at radius 2 is 1.64 bits per heavy atom. The van der Waals surface area contributed by atoms with Crippen LogP contribution in [0.2, 0.25) is 0 Å². The summed E-state index contributed by atoms with van der Waals surface area (Å²) in [6.07, 6.45) is 3.54. The lowest BCUT2D eigenvalue weighted by atomic mass is 9.82. The zero-order valence-corrected chi connectivity index (χ0v) is 15.8. The number of hydrogen-bond acceptors (Lipinski definition) is 2. The molecule has 0 aromatic heterocycles. The molecule has 2 aromatic rings. The van der Waals surface area contributed by atoms with Gasteiger partial charge in [-0.05, 0) is 85.2 Å². The second-order valence-corrected chi connectivity index (χ2v) is 9.23. The molecule has 0 amide bonds. The molecule has 4 aliphatic rings. The van der Waals surface area contributed by atoms with E-state index >= 15 is 0 Å². The van der Waals surface area contributed by atoms with E-state index in [0.29, 0.717) is 11.8 Å². The summed E-state index contributed by atoms with van der Waals surface area (Å²) in [5.41, 5.74) is 2.51. The summed E-state index contributed by atoms with van der Waals surface area (Å²) < 4.78 is 33.9. The molecular formula is C24H25F2NO. The molecule has 1 heterocycles. The molecule has 2 aromatic carbocycles. The molecule has 2 nitrogen and oxygen atoms in total. The van der Waals surface area contributed by atoms with Crippen LogP contribution in [0.1, 0.15) is 30.1 Å². The SMILES string of the molecule is Fc1ccc(OC2c3ccccc3C[C@H]2C2C3C[C@@H]4CNCC4C[C@H]32)c(F)c1. The molecule has 0 bridgehead atoms. The number of rotatable bonds is 3. The fourth-order valence-corrected chi connectivity index (χ4v) is 6.60. The van der Waals surface area contributed by atoms with Gasteiger partial charge in [0.2, 0.25) is 0 Å². The van der Waals surface area contributed by atoms with Crippen LogP contribution >= 0.6 is 0 Å². The van der Waals surface area contributed by atoms with Crippen LogP contribution in [-0.4, -0.2) is 13.1 Å². The molecule has 146 valence electrons. The Balaban J connectivity index is 1.29. The minimum atomic E-state index is -0.614. The number of halogens is 2. The molecule has 4 unspecified atom stereocenters. The van der Waals surface area contributed by atoms with Gasteiger partial charge in [-0.3, -0.25) is 0 Å². The van der Waals surface area contributed by atoms with E-state index in [0.717, 1.165) is 36.2 Å². The van der Waals surface area contributed by atoms with Gasteiger partial charge in [-0.25, -0.2) is 8.78 Å². The Hall–Kier alpha value is -1.94. The van der Waals surface area contributed by atoms with Crippen molar-refractivity contribution in [1.82, 2.24) is 5.32 Å². The van der Waals surface area contributed by atoms with Crippen LogP contribution in [-0.2, 0) is 6.42 Å². The molecule has 1 saturated heterocycles. The maximum atomic E-state index is 14.3. The average Bonchev–Trinajstić information content (AvgIpc) is 3.02. The number of fused-ring (bicyclic) bond motifs is 3. The van der Waals surface area contributed by atoms with Gasteiger partial charge in [0, 0.05) is 12.0 Å². The van der Waals surface area contributed by atoms with Gasteiger partial charge in [-0.1, -0.05) is 24.3 Å². The maximum absolute atomic E-state index is 14.3. The van der Waals surface area contributed by atoms with Crippen molar-refractivity contribution >= 4 is 0 Å². The lowest BCUT2D eigenvalue weighted by Crippen LogP contribution is -2.18. The summed E-state index contributed by atoms with van der Waals surface area (Å²) in [4.78, 5) is 0. The Morgan fingerprint density at radius 1 is 0.893 bits per heavy atom. The molecule has 6 rings (SSSR count). The summed E-state index contributed by atoms with van der Waals surface area (Å²) in [7, 11) is 0. The number of hydrogen-bond donors (Lipinski definition) is 1.